The van der Waals surface area contributed by atoms with Gasteiger partial charge in [0.05, 0.1) is 16.2 Å². The molecule has 0 fully saturated rings. The number of amides is 1. The van der Waals surface area contributed by atoms with E-state index in [-0.39, 0.29) is 17.2 Å². The van der Waals surface area contributed by atoms with Crippen LogP contribution in [0.25, 0.3) is 10.2 Å². The topological polar surface area (TPSA) is 76.9 Å². The molecule has 1 N–H and O–H groups in total. The number of thioether (sulfide) groups is 1. The van der Waals surface area contributed by atoms with Gasteiger partial charge in [-0.05, 0) is 37.0 Å². The van der Waals surface area contributed by atoms with Gasteiger partial charge in [-0.2, -0.15) is 0 Å². The molecule has 3 aromatic heterocycles. The Bertz CT molecular complexity index is 1060. The monoisotopic (exact) mass is 406 g/mol. The number of anilines is 1. The van der Waals surface area contributed by atoms with Crippen molar-refractivity contribution >= 4 is 56.6 Å². The van der Waals surface area contributed by atoms with Crippen LogP contribution < -0.4 is 10.9 Å². The summed E-state index contributed by atoms with van der Waals surface area (Å²) in [6, 6.07) is 3.30. The Morgan fingerprint density at radius 2 is 2.27 bits per heavy atom. The fourth-order valence-corrected chi connectivity index (χ4v) is 5.18. The number of nitrogens with one attached hydrogen (secondary N) is 1. The average molecular weight is 407 g/mol. The molecule has 134 valence electrons. The molecule has 6 nitrogen and oxygen atoms in total. The molecule has 0 unspecified atom stereocenters. The third-order valence-corrected chi connectivity index (χ3v) is 6.67. The molecule has 26 heavy (non-hydrogen) atoms. The van der Waals surface area contributed by atoms with Gasteiger partial charge in [-0.25, -0.2) is 9.97 Å². The molecule has 0 bridgehead atoms. The maximum atomic E-state index is 12.7. The van der Waals surface area contributed by atoms with E-state index in [4.69, 9.17) is 11.6 Å². The number of rotatable bonds is 4. The van der Waals surface area contributed by atoms with Crippen molar-refractivity contribution in [1.82, 2.24) is 14.5 Å². The maximum Gasteiger partial charge on any atom is 0.262 e. The van der Waals surface area contributed by atoms with E-state index in [2.05, 4.69) is 15.3 Å². The van der Waals surface area contributed by atoms with E-state index in [0.29, 0.717) is 16.0 Å². The Morgan fingerprint density at radius 3 is 3.04 bits per heavy atom. The highest BCUT2D eigenvalue weighted by molar-refractivity contribution is 7.99. The first-order valence-electron chi connectivity index (χ1n) is 8.08. The molecule has 0 saturated heterocycles. The minimum atomic E-state index is -0.215. The van der Waals surface area contributed by atoms with Crippen LogP contribution in [0.1, 0.15) is 16.9 Å². The van der Waals surface area contributed by atoms with E-state index in [0.717, 1.165) is 29.5 Å². The van der Waals surface area contributed by atoms with Crippen LogP contribution in [-0.2, 0) is 24.7 Å². The van der Waals surface area contributed by atoms with Crippen molar-refractivity contribution in [3.63, 3.8) is 0 Å². The predicted octanol–water partition coefficient (Wildman–Crippen LogP) is 3.26. The minimum Gasteiger partial charge on any atom is -0.310 e. The Morgan fingerprint density at radius 1 is 1.42 bits per heavy atom. The number of halogens is 1. The zero-order valence-corrected chi connectivity index (χ0v) is 16.3. The highest BCUT2D eigenvalue weighted by atomic mass is 35.5. The quantitative estimate of drug-likeness (QED) is 0.531. The van der Waals surface area contributed by atoms with E-state index in [1.54, 1.807) is 30.5 Å². The van der Waals surface area contributed by atoms with Gasteiger partial charge < -0.3 is 5.32 Å². The van der Waals surface area contributed by atoms with E-state index in [9.17, 15) is 9.59 Å². The van der Waals surface area contributed by atoms with Crippen molar-refractivity contribution in [3.05, 3.63) is 44.1 Å². The lowest BCUT2D eigenvalue weighted by Gasteiger charge is -2.08. The number of aryl methyl sites for hydroxylation is 2. The van der Waals surface area contributed by atoms with Crippen molar-refractivity contribution in [2.75, 3.05) is 11.1 Å². The van der Waals surface area contributed by atoms with Crippen molar-refractivity contribution in [2.45, 2.75) is 24.4 Å². The third kappa shape index (κ3) is 3.24. The highest BCUT2D eigenvalue weighted by Crippen LogP contribution is 2.35. The maximum absolute atomic E-state index is 12.7. The summed E-state index contributed by atoms with van der Waals surface area (Å²) < 4.78 is 1.53. The van der Waals surface area contributed by atoms with Crippen LogP contribution in [0.3, 0.4) is 0 Å². The van der Waals surface area contributed by atoms with Gasteiger partial charge in [-0.15, -0.1) is 11.3 Å². The molecule has 0 radical (unpaired) electrons. The number of carbonyl (C=O) groups is 1. The van der Waals surface area contributed by atoms with Gasteiger partial charge in [0, 0.05) is 18.1 Å². The molecular weight excluding hydrogens is 392 g/mol. The van der Waals surface area contributed by atoms with Gasteiger partial charge in [0.25, 0.3) is 5.56 Å². The summed E-state index contributed by atoms with van der Waals surface area (Å²) in [4.78, 5) is 35.6. The van der Waals surface area contributed by atoms with Gasteiger partial charge in [0.15, 0.2) is 5.16 Å². The summed E-state index contributed by atoms with van der Waals surface area (Å²) in [5, 5.41) is 4.50. The van der Waals surface area contributed by atoms with E-state index in [1.807, 2.05) is 0 Å². The second-order valence-electron chi connectivity index (χ2n) is 5.99. The van der Waals surface area contributed by atoms with Gasteiger partial charge in [-0.3, -0.25) is 14.2 Å². The molecule has 1 aliphatic carbocycles. The van der Waals surface area contributed by atoms with E-state index in [1.165, 1.54) is 33.0 Å². The Balaban J connectivity index is 1.52. The molecule has 0 aromatic carbocycles. The molecular formula is C17H15ClN4O2S2. The number of hydrogen-bond donors (Lipinski definition) is 1. The lowest BCUT2D eigenvalue weighted by Crippen LogP contribution is -2.21. The van der Waals surface area contributed by atoms with Crippen molar-refractivity contribution in [3.8, 4) is 0 Å². The van der Waals surface area contributed by atoms with Crippen LogP contribution in [-0.4, -0.2) is 26.2 Å². The normalized spacial score (nSPS) is 13.2. The fraction of sp³-hybridized carbons (Fsp3) is 0.294. The molecule has 0 spiro atoms. The first-order chi connectivity index (χ1) is 12.5. The van der Waals surface area contributed by atoms with Crippen molar-refractivity contribution in [2.24, 2.45) is 7.05 Å². The van der Waals surface area contributed by atoms with Crippen LogP contribution in [0.5, 0.6) is 0 Å². The average Bonchev–Trinajstić information content (AvgIpc) is 3.19. The molecule has 1 aliphatic rings. The van der Waals surface area contributed by atoms with Crippen LogP contribution in [0, 0.1) is 0 Å². The minimum absolute atomic E-state index is 0.0309. The van der Waals surface area contributed by atoms with Crippen LogP contribution in [0.15, 0.2) is 28.3 Å². The number of thiophene rings is 1. The Hall–Kier alpha value is -1.90. The molecule has 0 aliphatic heterocycles. The summed E-state index contributed by atoms with van der Waals surface area (Å²) in [7, 11) is 1.70. The summed E-state index contributed by atoms with van der Waals surface area (Å²) in [5.41, 5.74) is 1.14. The third-order valence-electron chi connectivity index (χ3n) is 4.23. The van der Waals surface area contributed by atoms with Gasteiger partial charge in [0.1, 0.15) is 10.6 Å². The standard InChI is InChI=1S/C17H15ClN4O2S2/c1-22-16(24)14-10-3-2-4-11(10)26-15(14)21-17(22)25-8-13(23)20-12-6-5-9(18)7-19-12/h5-7H,2-4,8H2,1H3,(H,19,20,23). The number of pyridine rings is 1. The first kappa shape index (κ1) is 17.5. The number of carbonyl (C=O) groups excluding carboxylic acids is 1. The number of nitrogens with zero attached hydrogens (tertiary/aromatic N) is 3. The summed E-state index contributed by atoms with van der Waals surface area (Å²) >= 11 is 8.62. The fourth-order valence-electron chi connectivity index (χ4n) is 2.99. The summed E-state index contributed by atoms with van der Waals surface area (Å²) in [5.74, 6) is 0.362. The van der Waals surface area contributed by atoms with Crippen molar-refractivity contribution in [1.29, 1.82) is 0 Å². The van der Waals surface area contributed by atoms with E-state index >= 15 is 0 Å². The smallest absolute Gasteiger partial charge is 0.262 e. The first-order valence-corrected chi connectivity index (χ1v) is 10.3. The number of hydrogen-bond acceptors (Lipinski definition) is 6. The second-order valence-corrected chi connectivity index (χ2v) is 8.46. The Kier molecular flexibility index (Phi) is 4.73. The van der Waals surface area contributed by atoms with E-state index < -0.39 is 0 Å². The van der Waals surface area contributed by atoms with Crippen LogP contribution >= 0.6 is 34.7 Å². The van der Waals surface area contributed by atoms with Crippen molar-refractivity contribution < 1.29 is 4.79 Å². The van der Waals surface area contributed by atoms with Crippen LogP contribution in [0.4, 0.5) is 5.82 Å². The SMILES string of the molecule is Cn1c(SCC(=O)Nc2ccc(Cl)cn2)nc2sc3c(c2c1=O)CCC3. The molecule has 0 saturated carbocycles. The lowest BCUT2D eigenvalue weighted by molar-refractivity contribution is -0.113. The second kappa shape index (κ2) is 7.02. The molecule has 0 atom stereocenters. The largest absolute Gasteiger partial charge is 0.310 e. The zero-order valence-electron chi connectivity index (χ0n) is 13.9. The van der Waals surface area contributed by atoms with Gasteiger partial charge >= 0.3 is 0 Å². The summed E-state index contributed by atoms with van der Waals surface area (Å²) in [6.07, 6.45) is 4.56. The van der Waals surface area contributed by atoms with Gasteiger partial charge in [0.2, 0.25) is 5.91 Å². The molecule has 1 amide bonds. The lowest BCUT2D eigenvalue weighted by atomic mass is 10.2. The predicted molar refractivity (Wildman–Crippen MR) is 105 cm³/mol. The Labute approximate surface area is 162 Å². The molecule has 4 rings (SSSR count). The number of fused-ring (bicyclic) bond motifs is 3. The summed E-state index contributed by atoms with van der Waals surface area (Å²) in [6.45, 7) is 0. The highest BCUT2D eigenvalue weighted by Gasteiger charge is 2.22. The number of aromatic nitrogens is 3. The molecule has 3 heterocycles. The molecule has 3 aromatic rings. The molecule has 9 heteroatoms. The van der Waals surface area contributed by atoms with Crippen LogP contribution in [0.2, 0.25) is 5.02 Å². The van der Waals surface area contributed by atoms with Gasteiger partial charge in [-0.1, -0.05) is 23.4 Å². The zero-order chi connectivity index (χ0) is 18.3.